The van der Waals surface area contributed by atoms with Gasteiger partial charge in [0.05, 0.1) is 12.2 Å². The molecule has 1 rings (SSSR count). The van der Waals surface area contributed by atoms with E-state index < -0.39 is 0 Å². The van der Waals surface area contributed by atoms with Gasteiger partial charge in [-0.05, 0) is 39.3 Å². The first-order valence-electron chi connectivity index (χ1n) is 7.20. The summed E-state index contributed by atoms with van der Waals surface area (Å²) in [6.07, 6.45) is 0.634. The average Bonchev–Trinajstić information content (AvgIpc) is 2.43. The molecule has 5 heteroatoms. The first kappa shape index (κ1) is 17.3. The van der Waals surface area contributed by atoms with Crippen LogP contribution in [0.3, 0.4) is 0 Å². The third kappa shape index (κ3) is 5.65. The fraction of sp³-hybridized carbons (Fsp3) is 0.500. The fourth-order valence-corrected chi connectivity index (χ4v) is 2.07. The highest BCUT2D eigenvalue weighted by atomic mass is 16.3. The molecule has 0 fully saturated rings. The molecule has 0 spiro atoms. The van der Waals surface area contributed by atoms with E-state index in [9.17, 15) is 9.59 Å². The molecule has 0 aromatic heterocycles. The Labute approximate surface area is 126 Å². The highest BCUT2D eigenvalue weighted by molar-refractivity contribution is 6.04. The highest BCUT2D eigenvalue weighted by Crippen LogP contribution is 2.15. The van der Waals surface area contributed by atoms with E-state index in [1.807, 2.05) is 18.7 Å². The van der Waals surface area contributed by atoms with Gasteiger partial charge in [-0.1, -0.05) is 12.1 Å². The number of hydrogen-bond acceptors (Lipinski definition) is 4. The van der Waals surface area contributed by atoms with Crippen molar-refractivity contribution < 1.29 is 14.7 Å². The molecule has 21 heavy (non-hydrogen) atoms. The maximum Gasteiger partial charge on any atom is 0.238 e. The van der Waals surface area contributed by atoms with Crippen molar-refractivity contribution in [1.82, 2.24) is 4.90 Å². The molecular formula is C16H24N2O3. The monoisotopic (exact) mass is 292 g/mol. The van der Waals surface area contributed by atoms with Crippen molar-refractivity contribution in [3.63, 3.8) is 0 Å². The average molecular weight is 292 g/mol. The molecule has 5 nitrogen and oxygen atoms in total. The number of nitrogens with zero attached hydrogens (tertiary/aromatic N) is 1. The van der Waals surface area contributed by atoms with Gasteiger partial charge in [0.15, 0.2) is 5.78 Å². The number of carbonyl (C=O) groups excluding carboxylic acids is 2. The van der Waals surface area contributed by atoms with Crippen molar-refractivity contribution in [3.05, 3.63) is 29.8 Å². The van der Waals surface area contributed by atoms with Crippen LogP contribution in [-0.4, -0.2) is 47.4 Å². The lowest BCUT2D eigenvalue weighted by atomic mass is 10.1. The summed E-state index contributed by atoms with van der Waals surface area (Å²) in [5.74, 6) is -0.234. The van der Waals surface area contributed by atoms with Crippen molar-refractivity contribution >= 4 is 17.4 Å². The number of nitrogens with one attached hydrogen (secondary N) is 1. The van der Waals surface area contributed by atoms with E-state index in [-0.39, 0.29) is 30.9 Å². The number of para-hydroxylation sites is 1. The summed E-state index contributed by atoms with van der Waals surface area (Å²) in [5, 5.41) is 11.7. The standard InChI is InChI=1S/C16H24N2O3/c1-12(2)18(9-6-10-19)11-16(21)17-15-8-5-4-7-14(15)13(3)20/h4-5,7-8,12,19H,6,9-11H2,1-3H3,(H,17,21). The summed E-state index contributed by atoms with van der Waals surface area (Å²) in [6.45, 7) is 6.51. The van der Waals surface area contributed by atoms with E-state index in [2.05, 4.69) is 5.32 Å². The smallest absolute Gasteiger partial charge is 0.238 e. The number of amides is 1. The van der Waals surface area contributed by atoms with Crippen molar-refractivity contribution in [2.45, 2.75) is 33.2 Å². The molecule has 1 aromatic carbocycles. The van der Waals surface area contributed by atoms with E-state index in [1.54, 1.807) is 24.3 Å². The van der Waals surface area contributed by atoms with E-state index in [1.165, 1.54) is 6.92 Å². The molecule has 0 aliphatic rings. The zero-order valence-electron chi connectivity index (χ0n) is 12.9. The van der Waals surface area contributed by atoms with Crippen molar-refractivity contribution in [2.24, 2.45) is 0 Å². The SMILES string of the molecule is CC(=O)c1ccccc1NC(=O)CN(CCCO)C(C)C. The number of carbonyl (C=O) groups is 2. The molecule has 0 bridgehead atoms. The molecule has 0 heterocycles. The third-order valence-electron chi connectivity index (χ3n) is 3.26. The van der Waals surface area contributed by atoms with Crippen LogP contribution in [0.1, 0.15) is 37.6 Å². The molecule has 2 N–H and O–H groups in total. The minimum absolute atomic E-state index is 0.0769. The van der Waals surface area contributed by atoms with Crippen molar-refractivity contribution in [1.29, 1.82) is 0 Å². The number of ketones is 1. The summed E-state index contributed by atoms with van der Waals surface area (Å²) >= 11 is 0. The van der Waals surface area contributed by atoms with E-state index in [4.69, 9.17) is 5.11 Å². The van der Waals surface area contributed by atoms with Crippen LogP contribution in [0.2, 0.25) is 0 Å². The van der Waals surface area contributed by atoms with Crippen LogP contribution < -0.4 is 5.32 Å². The second-order valence-electron chi connectivity index (χ2n) is 5.29. The molecule has 1 amide bonds. The Morgan fingerprint density at radius 1 is 1.29 bits per heavy atom. The third-order valence-corrected chi connectivity index (χ3v) is 3.26. The molecule has 0 aliphatic heterocycles. The lowest BCUT2D eigenvalue weighted by Crippen LogP contribution is -2.39. The van der Waals surface area contributed by atoms with Crippen LogP contribution >= 0.6 is 0 Å². The van der Waals surface area contributed by atoms with Gasteiger partial charge in [0.25, 0.3) is 0 Å². The van der Waals surface area contributed by atoms with E-state index >= 15 is 0 Å². The zero-order valence-corrected chi connectivity index (χ0v) is 12.9. The highest BCUT2D eigenvalue weighted by Gasteiger charge is 2.15. The Hall–Kier alpha value is -1.72. The largest absolute Gasteiger partial charge is 0.396 e. The van der Waals surface area contributed by atoms with Gasteiger partial charge in [0.2, 0.25) is 5.91 Å². The second kappa shape index (κ2) is 8.54. The predicted octanol–water partition coefficient (Wildman–Crippen LogP) is 1.92. The van der Waals surface area contributed by atoms with Gasteiger partial charge in [0.1, 0.15) is 0 Å². The Bertz CT molecular complexity index is 486. The van der Waals surface area contributed by atoms with Crippen LogP contribution in [0.25, 0.3) is 0 Å². The molecule has 0 atom stereocenters. The summed E-state index contributed by atoms with van der Waals surface area (Å²) in [7, 11) is 0. The normalized spacial score (nSPS) is 11.0. The van der Waals surface area contributed by atoms with Gasteiger partial charge in [-0.25, -0.2) is 0 Å². The molecule has 0 saturated carbocycles. The zero-order chi connectivity index (χ0) is 15.8. The predicted molar refractivity (Wildman–Crippen MR) is 83.5 cm³/mol. The number of rotatable bonds is 8. The molecule has 1 aromatic rings. The molecule has 0 aliphatic carbocycles. The van der Waals surface area contributed by atoms with Gasteiger partial charge in [0, 0.05) is 24.8 Å². The van der Waals surface area contributed by atoms with E-state index in [0.29, 0.717) is 24.2 Å². The van der Waals surface area contributed by atoms with Gasteiger partial charge >= 0.3 is 0 Å². The van der Waals surface area contributed by atoms with Crippen LogP contribution in [0.4, 0.5) is 5.69 Å². The van der Waals surface area contributed by atoms with Crippen LogP contribution in [0.5, 0.6) is 0 Å². The fourth-order valence-electron chi connectivity index (χ4n) is 2.07. The Balaban J connectivity index is 2.70. The number of anilines is 1. The number of aliphatic hydroxyl groups excluding tert-OH is 1. The van der Waals surface area contributed by atoms with Crippen molar-refractivity contribution in [2.75, 3.05) is 25.0 Å². The minimum Gasteiger partial charge on any atom is -0.396 e. The molecule has 0 saturated heterocycles. The van der Waals surface area contributed by atoms with Crippen LogP contribution in [0, 0.1) is 0 Å². The number of aliphatic hydroxyl groups is 1. The Kier molecular flexibility index (Phi) is 7.05. The first-order valence-corrected chi connectivity index (χ1v) is 7.20. The van der Waals surface area contributed by atoms with Gasteiger partial charge in [-0.2, -0.15) is 0 Å². The van der Waals surface area contributed by atoms with Gasteiger partial charge in [-0.15, -0.1) is 0 Å². The van der Waals surface area contributed by atoms with Crippen LogP contribution in [-0.2, 0) is 4.79 Å². The molecule has 116 valence electrons. The maximum atomic E-state index is 12.1. The van der Waals surface area contributed by atoms with Crippen LogP contribution in [0.15, 0.2) is 24.3 Å². The topological polar surface area (TPSA) is 69.6 Å². The number of benzene rings is 1. The Morgan fingerprint density at radius 3 is 2.52 bits per heavy atom. The quantitative estimate of drug-likeness (QED) is 0.718. The van der Waals surface area contributed by atoms with Gasteiger partial charge in [-0.3, -0.25) is 14.5 Å². The first-order chi connectivity index (χ1) is 9.95. The number of hydrogen-bond donors (Lipinski definition) is 2. The Morgan fingerprint density at radius 2 is 1.95 bits per heavy atom. The summed E-state index contributed by atoms with van der Waals surface area (Å²) in [5.41, 5.74) is 1.05. The van der Waals surface area contributed by atoms with E-state index in [0.717, 1.165) is 0 Å². The lowest BCUT2D eigenvalue weighted by Gasteiger charge is -2.25. The van der Waals surface area contributed by atoms with Crippen molar-refractivity contribution in [3.8, 4) is 0 Å². The molecular weight excluding hydrogens is 268 g/mol. The van der Waals surface area contributed by atoms with Gasteiger partial charge < -0.3 is 10.4 Å². The molecule has 0 unspecified atom stereocenters. The lowest BCUT2D eigenvalue weighted by molar-refractivity contribution is -0.117. The summed E-state index contributed by atoms with van der Waals surface area (Å²) in [6, 6.07) is 7.19. The summed E-state index contributed by atoms with van der Waals surface area (Å²) in [4.78, 5) is 25.7. The number of Topliss-reactive ketones (excluding diaryl/α,β-unsaturated/α-hetero) is 1. The maximum absolute atomic E-state index is 12.1. The minimum atomic E-state index is -0.157. The summed E-state index contributed by atoms with van der Waals surface area (Å²) < 4.78 is 0. The second-order valence-corrected chi connectivity index (χ2v) is 5.29. The molecule has 0 radical (unpaired) electrons.